The highest BCUT2D eigenvalue weighted by Crippen LogP contribution is 2.32. The first kappa shape index (κ1) is 17.3. The number of hydrogen-bond acceptors (Lipinski definition) is 4. The average molecular weight is 387 g/mol. The zero-order valence-electron chi connectivity index (χ0n) is 14.6. The summed E-state index contributed by atoms with van der Waals surface area (Å²) in [6.45, 7) is 4.62. The fourth-order valence-electron chi connectivity index (χ4n) is 3.43. The highest BCUT2D eigenvalue weighted by molar-refractivity contribution is 7.92. The molecule has 0 aliphatic carbocycles. The van der Waals surface area contributed by atoms with Crippen molar-refractivity contribution in [2.45, 2.75) is 30.5 Å². The minimum Gasteiger partial charge on any atom is -0.351 e. The maximum Gasteiger partial charge on any atom is 0.183 e. The molecule has 4 nitrogen and oxygen atoms in total. The van der Waals surface area contributed by atoms with Gasteiger partial charge in [0.15, 0.2) is 9.84 Å². The Kier molecular flexibility index (Phi) is 4.16. The molecule has 1 aliphatic heterocycles. The average Bonchev–Trinajstić information content (AvgIpc) is 2.71. The van der Waals surface area contributed by atoms with Gasteiger partial charge in [-0.25, -0.2) is 13.4 Å². The molecule has 6 heteroatoms. The SMILES string of the molecule is Cc1ccc2nc(N3Cc4ccccc4S(=O)(=O)C(C)C3)cc(Cl)c2c1. The number of benzene rings is 2. The minimum absolute atomic E-state index is 0.373. The van der Waals surface area contributed by atoms with Gasteiger partial charge in [0.25, 0.3) is 0 Å². The van der Waals surface area contributed by atoms with Crippen molar-refractivity contribution in [3.63, 3.8) is 0 Å². The molecule has 3 aromatic rings. The third kappa shape index (κ3) is 2.85. The van der Waals surface area contributed by atoms with Crippen LogP contribution in [0, 0.1) is 6.92 Å². The number of nitrogens with zero attached hydrogens (tertiary/aromatic N) is 2. The molecule has 26 heavy (non-hydrogen) atoms. The highest BCUT2D eigenvalue weighted by atomic mass is 35.5. The molecule has 0 radical (unpaired) electrons. The summed E-state index contributed by atoms with van der Waals surface area (Å²) in [5.74, 6) is 0.699. The first-order valence-electron chi connectivity index (χ1n) is 8.50. The van der Waals surface area contributed by atoms with Crippen LogP contribution in [0.5, 0.6) is 0 Å². The molecule has 1 aliphatic rings. The van der Waals surface area contributed by atoms with E-state index in [9.17, 15) is 8.42 Å². The standard InChI is InChI=1S/C20H19ClN2O2S/c1-13-7-8-18-16(9-13)17(21)10-20(22-18)23-11-14(2)26(24,25)19-6-4-3-5-15(19)12-23/h3-10,14H,11-12H2,1-2H3. The normalized spacial score (nSPS) is 19.2. The fraction of sp³-hybridized carbons (Fsp3) is 0.250. The first-order chi connectivity index (χ1) is 12.4. The molecule has 0 N–H and O–H groups in total. The van der Waals surface area contributed by atoms with Crippen molar-refractivity contribution in [3.05, 3.63) is 64.7 Å². The van der Waals surface area contributed by atoms with Gasteiger partial charge in [-0.15, -0.1) is 0 Å². The predicted molar refractivity (Wildman–Crippen MR) is 106 cm³/mol. The molecule has 0 saturated heterocycles. The van der Waals surface area contributed by atoms with Crippen LogP contribution in [0.1, 0.15) is 18.1 Å². The fourth-order valence-corrected chi connectivity index (χ4v) is 5.25. The van der Waals surface area contributed by atoms with Gasteiger partial charge >= 0.3 is 0 Å². The monoisotopic (exact) mass is 386 g/mol. The zero-order chi connectivity index (χ0) is 18.5. The van der Waals surface area contributed by atoms with Crippen molar-refractivity contribution in [1.82, 2.24) is 4.98 Å². The van der Waals surface area contributed by atoms with Crippen molar-refractivity contribution in [2.24, 2.45) is 0 Å². The van der Waals surface area contributed by atoms with E-state index in [4.69, 9.17) is 16.6 Å². The van der Waals surface area contributed by atoms with Crippen molar-refractivity contribution in [1.29, 1.82) is 0 Å². The smallest absolute Gasteiger partial charge is 0.183 e. The first-order valence-corrected chi connectivity index (χ1v) is 10.4. The van der Waals surface area contributed by atoms with E-state index in [1.165, 1.54) is 0 Å². The lowest BCUT2D eigenvalue weighted by molar-refractivity contribution is 0.584. The Morgan fingerprint density at radius 3 is 2.73 bits per heavy atom. The summed E-state index contributed by atoms with van der Waals surface area (Å²) in [7, 11) is -3.36. The molecule has 134 valence electrons. The Morgan fingerprint density at radius 2 is 1.92 bits per heavy atom. The number of anilines is 1. The van der Waals surface area contributed by atoms with E-state index in [1.807, 2.05) is 48.2 Å². The molecule has 0 bridgehead atoms. The van der Waals surface area contributed by atoms with Crippen LogP contribution in [-0.2, 0) is 16.4 Å². The Hall–Kier alpha value is -2.11. The number of pyridine rings is 1. The summed E-state index contributed by atoms with van der Waals surface area (Å²) < 4.78 is 25.7. The van der Waals surface area contributed by atoms with E-state index in [-0.39, 0.29) is 0 Å². The van der Waals surface area contributed by atoms with Gasteiger partial charge in [0.1, 0.15) is 5.82 Å². The maximum absolute atomic E-state index is 12.8. The van der Waals surface area contributed by atoms with Crippen molar-refractivity contribution < 1.29 is 8.42 Å². The van der Waals surface area contributed by atoms with E-state index < -0.39 is 15.1 Å². The van der Waals surface area contributed by atoms with E-state index in [0.717, 1.165) is 22.0 Å². The van der Waals surface area contributed by atoms with Gasteiger partial charge in [0.2, 0.25) is 0 Å². The van der Waals surface area contributed by atoms with Gasteiger partial charge in [-0.1, -0.05) is 41.4 Å². The molecule has 0 saturated carbocycles. The lowest BCUT2D eigenvalue weighted by atomic mass is 10.1. The molecule has 2 heterocycles. The molecule has 2 aromatic carbocycles. The van der Waals surface area contributed by atoms with Crippen molar-refractivity contribution in [3.8, 4) is 0 Å². The molecular weight excluding hydrogens is 368 g/mol. The maximum atomic E-state index is 12.8. The van der Waals surface area contributed by atoms with Crippen LogP contribution in [0.2, 0.25) is 5.02 Å². The van der Waals surface area contributed by atoms with Crippen LogP contribution in [0.15, 0.2) is 53.4 Å². The van der Waals surface area contributed by atoms with Gasteiger partial charge in [0, 0.05) is 18.5 Å². The van der Waals surface area contributed by atoms with Crippen LogP contribution in [0.25, 0.3) is 10.9 Å². The number of aromatic nitrogens is 1. The Labute approximate surface area is 158 Å². The van der Waals surface area contributed by atoms with E-state index in [1.54, 1.807) is 19.1 Å². The molecule has 1 unspecified atom stereocenters. The summed E-state index contributed by atoms with van der Waals surface area (Å²) in [4.78, 5) is 7.16. The number of halogens is 1. The van der Waals surface area contributed by atoms with Gasteiger partial charge in [-0.05, 0) is 43.7 Å². The Morgan fingerprint density at radius 1 is 1.15 bits per heavy atom. The van der Waals surface area contributed by atoms with E-state index in [2.05, 4.69) is 0 Å². The summed E-state index contributed by atoms with van der Waals surface area (Å²) in [6, 6.07) is 15.0. The minimum atomic E-state index is -3.36. The highest BCUT2D eigenvalue weighted by Gasteiger charge is 2.32. The summed E-state index contributed by atoms with van der Waals surface area (Å²) in [5, 5.41) is 1.01. The zero-order valence-corrected chi connectivity index (χ0v) is 16.2. The predicted octanol–water partition coefficient (Wildman–Crippen LogP) is 4.38. The molecule has 4 rings (SSSR count). The molecular formula is C20H19ClN2O2S. The second-order valence-electron chi connectivity index (χ2n) is 6.83. The molecule has 0 amide bonds. The van der Waals surface area contributed by atoms with Gasteiger partial charge in [-0.3, -0.25) is 0 Å². The summed E-state index contributed by atoms with van der Waals surface area (Å²) in [5.41, 5.74) is 2.72. The van der Waals surface area contributed by atoms with Crippen LogP contribution in [0.4, 0.5) is 5.82 Å². The molecule has 0 fully saturated rings. The van der Waals surface area contributed by atoms with Gasteiger partial charge in [0.05, 0.1) is 20.7 Å². The number of fused-ring (bicyclic) bond motifs is 2. The van der Waals surface area contributed by atoms with Gasteiger partial charge < -0.3 is 4.90 Å². The van der Waals surface area contributed by atoms with Crippen molar-refractivity contribution in [2.75, 3.05) is 11.4 Å². The number of aryl methyl sites for hydroxylation is 1. The van der Waals surface area contributed by atoms with Crippen LogP contribution >= 0.6 is 11.6 Å². The van der Waals surface area contributed by atoms with Crippen molar-refractivity contribution >= 4 is 38.2 Å². The lowest BCUT2D eigenvalue weighted by Crippen LogP contribution is -2.32. The topological polar surface area (TPSA) is 50.3 Å². The largest absolute Gasteiger partial charge is 0.351 e. The molecule has 0 spiro atoms. The van der Waals surface area contributed by atoms with Crippen LogP contribution in [0.3, 0.4) is 0 Å². The summed E-state index contributed by atoms with van der Waals surface area (Å²) in [6.07, 6.45) is 0. The molecule has 1 atom stereocenters. The van der Waals surface area contributed by atoms with Gasteiger partial charge in [-0.2, -0.15) is 0 Å². The second kappa shape index (κ2) is 6.25. The van der Waals surface area contributed by atoms with E-state index >= 15 is 0 Å². The Bertz CT molecular complexity index is 1110. The van der Waals surface area contributed by atoms with E-state index in [0.29, 0.717) is 28.8 Å². The summed E-state index contributed by atoms with van der Waals surface area (Å²) >= 11 is 6.50. The second-order valence-corrected chi connectivity index (χ2v) is 9.57. The van der Waals surface area contributed by atoms with Crippen LogP contribution < -0.4 is 4.90 Å². The number of rotatable bonds is 1. The lowest BCUT2D eigenvalue weighted by Gasteiger charge is -2.24. The quantitative estimate of drug-likeness (QED) is 0.622. The Balaban J connectivity index is 1.84. The number of sulfone groups is 1. The third-order valence-corrected chi connectivity index (χ3v) is 7.40. The number of hydrogen-bond donors (Lipinski definition) is 0. The third-order valence-electron chi connectivity index (χ3n) is 4.87. The molecule has 1 aromatic heterocycles. The van der Waals surface area contributed by atoms with Crippen LogP contribution in [-0.4, -0.2) is 25.2 Å².